The molecule has 1 aliphatic heterocycles. The molecule has 0 aliphatic carbocycles. The Morgan fingerprint density at radius 2 is 2.24 bits per heavy atom. The average molecular weight is 344 g/mol. The molecule has 0 radical (unpaired) electrons. The van der Waals surface area contributed by atoms with Gasteiger partial charge < -0.3 is 9.64 Å². The molecule has 0 saturated carbocycles. The van der Waals surface area contributed by atoms with Crippen molar-refractivity contribution >= 4 is 27.5 Å². The van der Waals surface area contributed by atoms with Gasteiger partial charge in [-0.1, -0.05) is 15.9 Å². The first kappa shape index (κ1) is 13.6. The number of carbonyl (C=O) groups excluding carboxylic acids is 1. The van der Waals surface area contributed by atoms with Crippen molar-refractivity contribution in [2.45, 2.75) is 6.54 Å². The molecule has 1 aromatic heterocycles. The summed E-state index contributed by atoms with van der Waals surface area (Å²) in [6.45, 7) is 0.396. The van der Waals surface area contributed by atoms with E-state index in [9.17, 15) is 4.79 Å². The largest absolute Gasteiger partial charge is 0.482 e. The van der Waals surface area contributed by atoms with Gasteiger partial charge in [0.15, 0.2) is 6.61 Å². The number of ether oxygens (including phenoxy) is 1. The lowest BCUT2D eigenvalue weighted by Crippen LogP contribution is -2.38. The number of hydrogen-bond acceptors (Lipinski definition) is 4. The fourth-order valence-electron chi connectivity index (χ4n) is 2.16. The summed E-state index contributed by atoms with van der Waals surface area (Å²) in [5, 5.41) is 8.89. The van der Waals surface area contributed by atoms with Crippen LogP contribution in [0, 0.1) is 11.3 Å². The number of benzene rings is 1. The molecule has 21 heavy (non-hydrogen) atoms. The zero-order valence-electron chi connectivity index (χ0n) is 10.9. The molecule has 104 valence electrons. The molecule has 2 aromatic rings. The molecule has 6 heteroatoms. The average Bonchev–Trinajstić information content (AvgIpc) is 2.50. The summed E-state index contributed by atoms with van der Waals surface area (Å²) in [5.41, 5.74) is 1.90. The minimum atomic E-state index is -0.115. The molecule has 0 spiro atoms. The maximum absolute atomic E-state index is 12.1. The first-order valence-electron chi connectivity index (χ1n) is 6.25. The molecule has 0 atom stereocenters. The van der Waals surface area contributed by atoms with Gasteiger partial charge in [-0.05, 0) is 35.9 Å². The molecule has 0 N–H and O–H groups in total. The van der Waals surface area contributed by atoms with E-state index in [0.29, 0.717) is 18.0 Å². The summed E-state index contributed by atoms with van der Waals surface area (Å²) < 4.78 is 6.30. The van der Waals surface area contributed by atoms with Gasteiger partial charge in [0, 0.05) is 10.7 Å². The van der Waals surface area contributed by atoms with E-state index in [1.54, 1.807) is 23.2 Å². The molecular weight excluding hydrogens is 334 g/mol. The predicted octanol–water partition coefficient (Wildman–Crippen LogP) is 2.64. The molecule has 2 heterocycles. The highest BCUT2D eigenvalue weighted by Crippen LogP contribution is 2.35. The lowest BCUT2D eigenvalue weighted by Gasteiger charge is -2.29. The van der Waals surface area contributed by atoms with Crippen LogP contribution in [0.25, 0.3) is 0 Å². The normalized spacial score (nSPS) is 13.3. The molecule has 1 amide bonds. The van der Waals surface area contributed by atoms with Crippen LogP contribution >= 0.6 is 15.9 Å². The van der Waals surface area contributed by atoms with Gasteiger partial charge in [0.1, 0.15) is 17.5 Å². The Morgan fingerprint density at radius 3 is 3.05 bits per heavy atom. The first-order valence-corrected chi connectivity index (χ1v) is 7.04. The summed E-state index contributed by atoms with van der Waals surface area (Å²) in [5.74, 6) is 0.559. The fourth-order valence-corrected chi connectivity index (χ4v) is 2.51. The number of halogens is 1. The minimum Gasteiger partial charge on any atom is -0.482 e. The van der Waals surface area contributed by atoms with Crippen molar-refractivity contribution in [1.82, 2.24) is 4.98 Å². The number of pyridine rings is 1. The molecule has 3 rings (SSSR count). The first-order chi connectivity index (χ1) is 10.2. The SMILES string of the molecule is N#Cc1cc(CN2C(=O)COc3ccc(Br)cc32)ccn1. The van der Waals surface area contributed by atoms with Gasteiger partial charge in [0.05, 0.1) is 12.2 Å². The molecule has 0 saturated heterocycles. The molecule has 0 bridgehead atoms. The highest BCUT2D eigenvalue weighted by Gasteiger charge is 2.25. The summed E-state index contributed by atoms with van der Waals surface area (Å²) in [7, 11) is 0. The lowest BCUT2D eigenvalue weighted by molar-refractivity contribution is -0.121. The van der Waals surface area contributed by atoms with Crippen molar-refractivity contribution in [2.24, 2.45) is 0 Å². The number of hydrogen-bond donors (Lipinski definition) is 0. The van der Waals surface area contributed by atoms with Crippen LogP contribution in [0.2, 0.25) is 0 Å². The minimum absolute atomic E-state index is 0.0187. The zero-order chi connectivity index (χ0) is 14.8. The second kappa shape index (κ2) is 5.54. The molecule has 1 aromatic carbocycles. The number of anilines is 1. The van der Waals surface area contributed by atoms with E-state index in [-0.39, 0.29) is 12.5 Å². The van der Waals surface area contributed by atoms with Crippen LogP contribution in [0.1, 0.15) is 11.3 Å². The molecule has 1 aliphatic rings. The van der Waals surface area contributed by atoms with Crippen molar-refractivity contribution < 1.29 is 9.53 Å². The van der Waals surface area contributed by atoms with Crippen molar-refractivity contribution in [3.8, 4) is 11.8 Å². The van der Waals surface area contributed by atoms with E-state index >= 15 is 0 Å². The Hall–Kier alpha value is -2.39. The van der Waals surface area contributed by atoms with Gasteiger partial charge in [-0.3, -0.25) is 4.79 Å². The summed E-state index contributed by atoms with van der Waals surface area (Å²) in [6, 6.07) is 11.0. The van der Waals surface area contributed by atoms with Gasteiger partial charge in [-0.2, -0.15) is 5.26 Å². The van der Waals surface area contributed by atoms with Crippen LogP contribution in [0.15, 0.2) is 41.0 Å². The van der Waals surface area contributed by atoms with E-state index < -0.39 is 0 Å². The number of nitrogens with zero attached hydrogens (tertiary/aromatic N) is 3. The third kappa shape index (κ3) is 2.73. The van der Waals surface area contributed by atoms with Gasteiger partial charge in [0.25, 0.3) is 5.91 Å². The monoisotopic (exact) mass is 343 g/mol. The van der Waals surface area contributed by atoms with Crippen LogP contribution in [-0.4, -0.2) is 17.5 Å². The number of amides is 1. The van der Waals surface area contributed by atoms with Crippen LogP contribution in [0.5, 0.6) is 5.75 Å². The molecule has 0 fully saturated rings. The van der Waals surface area contributed by atoms with Crippen LogP contribution in [0.4, 0.5) is 5.69 Å². The summed E-state index contributed by atoms with van der Waals surface area (Å²) in [6.07, 6.45) is 1.57. The second-order valence-corrected chi connectivity index (χ2v) is 5.46. The molecule has 5 nitrogen and oxygen atoms in total. The summed E-state index contributed by atoms with van der Waals surface area (Å²) in [4.78, 5) is 17.7. The van der Waals surface area contributed by atoms with Crippen molar-refractivity contribution in [1.29, 1.82) is 5.26 Å². The maximum Gasteiger partial charge on any atom is 0.265 e. The number of fused-ring (bicyclic) bond motifs is 1. The van der Waals surface area contributed by atoms with Crippen molar-refractivity contribution in [2.75, 3.05) is 11.5 Å². The maximum atomic E-state index is 12.1. The van der Waals surface area contributed by atoms with E-state index in [4.69, 9.17) is 10.00 Å². The highest BCUT2D eigenvalue weighted by atomic mass is 79.9. The standard InChI is InChI=1S/C15H10BrN3O2/c16-11-1-2-14-13(6-11)19(15(20)9-21-14)8-10-3-4-18-12(5-10)7-17/h1-6H,8-9H2. The Labute approximate surface area is 129 Å². The number of rotatable bonds is 2. The highest BCUT2D eigenvalue weighted by molar-refractivity contribution is 9.10. The number of nitriles is 1. The molecular formula is C15H10BrN3O2. The third-order valence-corrected chi connectivity index (χ3v) is 3.64. The Kier molecular flexibility index (Phi) is 3.59. The van der Waals surface area contributed by atoms with Crippen LogP contribution in [0.3, 0.4) is 0 Å². The van der Waals surface area contributed by atoms with Crippen molar-refractivity contribution in [3.63, 3.8) is 0 Å². The molecule has 0 unspecified atom stereocenters. The summed E-state index contributed by atoms with van der Waals surface area (Å²) >= 11 is 3.40. The van der Waals surface area contributed by atoms with E-state index in [1.807, 2.05) is 24.3 Å². The van der Waals surface area contributed by atoms with E-state index in [1.165, 1.54) is 0 Å². The van der Waals surface area contributed by atoms with E-state index in [2.05, 4.69) is 20.9 Å². The van der Waals surface area contributed by atoms with Crippen LogP contribution in [-0.2, 0) is 11.3 Å². The quantitative estimate of drug-likeness (QED) is 0.840. The Bertz CT molecular complexity index is 755. The number of carbonyl (C=O) groups is 1. The number of aromatic nitrogens is 1. The van der Waals surface area contributed by atoms with Gasteiger partial charge in [0.2, 0.25) is 0 Å². The Morgan fingerprint density at radius 1 is 1.38 bits per heavy atom. The Balaban J connectivity index is 1.96. The predicted molar refractivity (Wildman–Crippen MR) is 79.8 cm³/mol. The van der Waals surface area contributed by atoms with E-state index in [0.717, 1.165) is 15.7 Å². The van der Waals surface area contributed by atoms with Crippen molar-refractivity contribution in [3.05, 3.63) is 52.3 Å². The topological polar surface area (TPSA) is 66.2 Å². The van der Waals surface area contributed by atoms with Gasteiger partial charge in [-0.15, -0.1) is 0 Å². The lowest BCUT2D eigenvalue weighted by atomic mass is 10.1. The zero-order valence-corrected chi connectivity index (χ0v) is 12.5. The van der Waals surface area contributed by atoms with Gasteiger partial charge >= 0.3 is 0 Å². The fraction of sp³-hybridized carbons (Fsp3) is 0.133. The second-order valence-electron chi connectivity index (χ2n) is 4.54. The van der Waals surface area contributed by atoms with Crippen LogP contribution < -0.4 is 9.64 Å². The smallest absolute Gasteiger partial charge is 0.265 e. The third-order valence-electron chi connectivity index (χ3n) is 3.14. The van der Waals surface area contributed by atoms with Gasteiger partial charge in [-0.25, -0.2) is 4.98 Å².